The maximum atomic E-state index is 5.26. The van der Waals surface area contributed by atoms with E-state index in [1.165, 1.54) is 44.3 Å². The van der Waals surface area contributed by atoms with Crippen molar-refractivity contribution in [1.29, 1.82) is 0 Å². The van der Waals surface area contributed by atoms with E-state index in [4.69, 9.17) is 9.97 Å². The zero-order valence-corrected chi connectivity index (χ0v) is 27.6. The van der Waals surface area contributed by atoms with Crippen molar-refractivity contribution in [3.8, 4) is 56.0 Å². The minimum atomic E-state index is 0.722. The number of benzene rings is 7. The highest BCUT2D eigenvalue weighted by molar-refractivity contribution is 6.09. The standard InChI is InChI=1S/C48H34N2/c1-3-11-33(12-4-1)40-16-9-18-42(31-40)35-21-25-38(26-22-35)46-45-30-29-37-15-7-8-20-44(37)47(45)50-48(49-46)39-27-23-36(24-28-39)43-19-10-17-41(32-43)34-13-5-2-6-14-34/h1-3,5-11,13-32H,4,12H2. The zero-order valence-electron chi connectivity index (χ0n) is 27.6. The lowest BCUT2D eigenvalue weighted by Crippen LogP contribution is -1.96. The van der Waals surface area contributed by atoms with Gasteiger partial charge in [0.1, 0.15) is 0 Å². The molecule has 0 bridgehead atoms. The lowest BCUT2D eigenvalue weighted by Gasteiger charge is -2.13. The van der Waals surface area contributed by atoms with Crippen LogP contribution >= 0.6 is 0 Å². The fourth-order valence-corrected chi connectivity index (χ4v) is 7.10. The lowest BCUT2D eigenvalue weighted by atomic mass is 9.94. The van der Waals surface area contributed by atoms with Crippen molar-refractivity contribution in [2.24, 2.45) is 0 Å². The van der Waals surface area contributed by atoms with Gasteiger partial charge in [-0.1, -0.05) is 164 Å². The fraction of sp³-hybridized carbons (Fsp3) is 0.0417. The Bertz CT molecular complexity index is 2560. The maximum Gasteiger partial charge on any atom is 0.160 e. The molecule has 0 amide bonds. The summed E-state index contributed by atoms with van der Waals surface area (Å²) in [6.07, 6.45) is 8.83. The highest BCUT2D eigenvalue weighted by Gasteiger charge is 2.15. The molecule has 8 aromatic rings. The molecule has 2 heteroatoms. The van der Waals surface area contributed by atoms with E-state index in [0.717, 1.165) is 57.3 Å². The van der Waals surface area contributed by atoms with Gasteiger partial charge in [0, 0.05) is 21.9 Å². The number of allylic oxidation sites excluding steroid dienone is 4. The first-order valence-corrected chi connectivity index (χ1v) is 17.3. The van der Waals surface area contributed by atoms with E-state index in [-0.39, 0.29) is 0 Å². The van der Waals surface area contributed by atoms with Gasteiger partial charge in [0.05, 0.1) is 11.2 Å². The highest BCUT2D eigenvalue weighted by Crippen LogP contribution is 2.36. The minimum absolute atomic E-state index is 0.722. The molecule has 0 atom stereocenters. The van der Waals surface area contributed by atoms with E-state index in [9.17, 15) is 0 Å². The van der Waals surface area contributed by atoms with Crippen LogP contribution in [0.1, 0.15) is 18.4 Å². The van der Waals surface area contributed by atoms with Crippen LogP contribution in [0.4, 0.5) is 0 Å². The van der Waals surface area contributed by atoms with Gasteiger partial charge >= 0.3 is 0 Å². The van der Waals surface area contributed by atoms with Gasteiger partial charge in [0.25, 0.3) is 0 Å². The second-order valence-corrected chi connectivity index (χ2v) is 12.9. The van der Waals surface area contributed by atoms with Gasteiger partial charge in [0.2, 0.25) is 0 Å². The monoisotopic (exact) mass is 638 g/mol. The van der Waals surface area contributed by atoms with E-state index in [1.54, 1.807) is 0 Å². The van der Waals surface area contributed by atoms with Crippen LogP contribution in [0.5, 0.6) is 0 Å². The Hall–Kier alpha value is -6.38. The Labute approximate surface area is 292 Å². The molecule has 0 unspecified atom stereocenters. The van der Waals surface area contributed by atoms with Crippen molar-refractivity contribution in [2.45, 2.75) is 12.8 Å². The number of fused-ring (bicyclic) bond motifs is 3. The van der Waals surface area contributed by atoms with Crippen LogP contribution in [0.3, 0.4) is 0 Å². The number of hydrogen-bond acceptors (Lipinski definition) is 2. The molecule has 0 spiro atoms. The van der Waals surface area contributed by atoms with Crippen LogP contribution in [-0.2, 0) is 0 Å². The second kappa shape index (κ2) is 12.9. The molecule has 1 aromatic heterocycles. The topological polar surface area (TPSA) is 25.8 Å². The van der Waals surface area contributed by atoms with Crippen molar-refractivity contribution in [3.63, 3.8) is 0 Å². The van der Waals surface area contributed by atoms with E-state index in [1.807, 2.05) is 0 Å². The highest BCUT2D eigenvalue weighted by atomic mass is 14.9. The summed E-state index contributed by atoms with van der Waals surface area (Å²) in [6.45, 7) is 0. The van der Waals surface area contributed by atoms with Gasteiger partial charge < -0.3 is 0 Å². The van der Waals surface area contributed by atoms with Gasteiger partial charge in [-0.3, -0.25) is 0 Å². The normalized spacial score (nSPS) is 12.7. The summed E-state index contributed by atoms with van der Waals surface area (Å²) in [5.74, 6) is 0.722. The van der Waals surface area contributed by atoms with Crippen molar-refractivity contribution >= 4 is 27.2 Å². The van der Waals surface area contributed by atoms with E-state index >= 15 is 0 Å². The van der Waals surface area contributed by atoms with Gasteiger partial charge in [0.15, 0.2) is 5.82 Å². The summed E-state index contributed by atoms with van der Waals surface area (Å²) in [5, 5.41) is 3.35. The summed E-state index contributed by atoms with van der Waals surface area (Å²) >= 11 is 0. The molecule has 1 heterocycles. The van der Waals surface area contributed by atoms with Crippen LogP contribution in [-0.4, -0.2) is 9.97 Å². The molecule has 0 radical (unpaired) electrons. The average Bonchev–Trinajstić information content (AvgIpc) is 3.21. The van der Waals surface area contributed by atoms with Gasteiger partial charge in [-0.15, -0.1) is 0 Å². The number of nitrogens with zero attached hydrogens (tertiary/aromatic N) is 2. The Morgan fingerprint density at radius 3 is 1.68 bits per heavy atom. The first-order valence-electron chi connectivity index (χ1n) is 17.3. The smallest absolute Gasteiger partial charge is 0.160 e. The average molecular weight is 639 g/mol. The molecule has 0 fully saturated rings. The number of aromatic nitrogens is 2. The molecule has 7 aromatic carbocycles. The third kappa shape index (κ3) is 5.71. The van der Waals surface area contributed by atoms with Crippen molar-refractivity contribution in [1.82, 2.24) is 9.97 Å². The van der Waals surface area contributed by atoms with Crippen LogP contribution in [0.15, 0.2) is 182 Å². The minimum Gasteiger partial charge on any atom is -0.227 e. The molecule has 50 heavy (non-hydrogen) atoms. The Balaban J connectivity index is 1.10. The second-order valence-electron chi connectivity index (χ2n) is 12.9. The summed E-state index contributed by atoms with van der Waals surface area (Å²) in [7, 11) is 0. The third-order valence-electron chi connectivity index (χ3n) is 9.78. The quantitative estimate of drug-likeness (QED) is 0.169. The van der Waals surface area contributed by atoms with E-state index < -0.39 is 0 Å². The molecule has 0 aliphatic heterocycles. The summed E-state index contributed by atoms with van der Waals surface area (Å²) < 4.78 is 0. The first-order chi connectivity index (χ1) is 24.8. The lowest BCUT2D eigenvalue weighted by molar-refractivity contribution is 1.05. The largest absolute Gasteiger partial charge is 0.227 e. The van der Waals surface area contributed by atoms with Crippen LogP contribution in [0.2, 0.25) is 0 Å². The molecule has 9 rings (SSSR count). The van der Waals surface area contributed by atoms with E-state index in [0.29, 0.717) is 0 Å². The van der Waals surface area contributed by atoms with Crippen molar-refractivity contribution in [3.05, 3.63) is 188 Å². The summed E-state index contributed by atoms with van der Waals surface area (Å²) in [5.41, 5.74) is 13.8. The molecular formula is C48H34N2. The molecule has 2 nitrogen and oxygen atoms in total. The van der Waals surface area contributed by atoms with E-state index in [2.05, 4.69) is 182 Å². The molecule has 0 saturated carbocycles. The maximum absolute atomic E-state index is 5.26. The predicted molar refractivity (Wildman–Crippen MR) is 211 cm³/mol. The van der Waals surface area contributed by atoms with Gasteiger partial charge in [-0.05, 0) is 80.9 Å². The molecular weight excluding hydrogens is 605 g/mol. The summed E-state index contributed by atoms with van der Waals surface area (Å²) in [4.78, 5) is 10.5. The molecule has 1 aliphatic rings. The van der Waals surface area contributed by atoms with Crippen LogP contribution in [0, 0.1) is 0 Å². The number of hydrogen-bond donors (Lipinski definition) is 0. The third-order valence-corrected chi connectivity index (χ3v) is 9.78. The zero-order chi connectivity index (χ0) is 33.3. The SMILES string of the molecule is C1=CCCC(c2cccc(-c3ccc(-c4nc(-c5ccc(-c6cccc(-c7ccccc7)c6)cc5)nc5c4ccc4ccccc45)cc3)c2)=C1. The Morgan fingerprint density at radius 1 is 0.400 bits per heavy atom. The molecule has 0 saturated heterocycles. The summed E-state index contributed by atoms with van der Waals surface area (Å²) in [6, 6.07) is 58.5. The van der Waals surface area contributed by atoms with Gasteiger partial charge in [-0.2, -0.15) is 0 Å². The number of rotatable bonds is 6. The predicted octanol–water partition coefficient (Wildman–Crippen LogP) is 12.9. The van der Waals surface area contributed by atoms with Crippen molar-refractivity contribution < 1.29 is 0 Å². The Morgan fingerprint density at radius 2 is 0.980 bits per heavy atom. The fourth-order valence-electron chi connectivity index (χ4n) is 7.10. The van der Waals surface area contributed by atoms with Crippen LogP contribution < -0.4 is 0 Å². The molecule has 0 N–H and O–H groups in total. The first kappa shape index (κ1) is 29.7. The van der Waals surface area contributed by atoms with Crippen molar-refractivity contribution in [2.75, 3.05) is 0 Å². The Kier molecular flexibility index (Phi) is 7.68. The van der Waals surface area contributed by atoms with Crippen LogP contribution in [0.25, 0.3) is 83.3 Å². The molecule has 1 aliphatic carbocycles. The van der Waals surface area contributed by atoms with Gasteiger partial charge in [-0.25, -0.2) is 9.97 Å². The molecule has 236 valence electrons.